The van der Waals surface area contributed by atoms with Crippen molar-refractivity contribution in [2.75, 3.05) is 0 Å². The van der Waals surface area contributed by atoms with Gasteiger partial charge in [0.05, 0.1) is 0 Å². The number of carbonyl (C=O) groups excluding carboxylic acids is 1. The van der Waals surface area contributed by atoms with E-state index in [1.807, 2.05) is 0 Å². The quantitative estimate of drug-likeness (QED) is 0.602. The maximum atomic E-state index is 11.1. The molecule has 2 rings (SSSR count). The zero-order valence-electron chi connectivity index (χ0n) is 7.13. The topological polar surface area (TPSA) is 29.1 Å². The van der Waals surface area contributed by atoms with Gasteiger partial charge in [-0.25, -0.2) is 0 Å². The molecule has 1 heterocycles. The molecule has 0 unspecified atom stereocenters. The molecule has 0 bridgehead atoms. The summed E-state index contributed by atoms with van der Waals surface area (Å²) in [6.45, 7) is 4.41. The van der Waals surface area contributed by atoms with Gasteiger partial charge in [0.2, 0.25) is 5.91 Å². The minimum absolute atomic E-state index is 0.259. The van der Waals surface area contributed by atoms with Gasteiger partial charge in [0.1, 0.15) is 0 Å². The fourth-order valence-corrected chi connectivity index (χ4v) is 2.58. The highest BCUT2D eigenvalue weighted by Crippen LogP contribution is 2.49. The molecule has 1 saturated carbocycles. The Labute approximate surface area is 67.4 Å². The summed E-state index contributed by atoms with van der Waals surface area (Å²) in [5.41, 5.74) is 0. The molecule has 2 aliphatic rings. The maximum Gasteiger partial charge on any atom is 0.220 e. The Kier molecular flexibility index (Phi) is 1.44. The predicted octanol–water partition coefficient (Wildman–Crippen LogP) is 1.17. The Morgan fingerprint density at radius 1 is 1.64 bits per heavy atom. The SMILES string of the molecule is CC[C@H]1[C@H]2NC(=O)C[C@H](C)[C@@H]12. The van der Waals surface area contributed by atoms with Crippen LogP contribution in [0.5, 0.6) is 0 Å². The van der Waals surface area contributed by atoms with Gasteiger partial charge in [-0.15, -0.1) is 0 Å². The number of piperidine rings is 1. The van der Waals surface area contributed by atoms with Crippen LogP contribution in [0.3, 0.4) is 0 Å². The lowest BCUT2D eigenvalue weighted by Crippen LogP contribution is -2.34. The zero-order valence-corrected chi connectivity index (χ0v) is 7.13. The third kappa shape index (κ3) is 0.959. The Morgan fingerprint density at radius 3 is 3.00 bits per heavy atom. The Bertz CT molecular complexity index is 190. The molecule has 1 amide bonds. The third-order valence-electron chi connectivity index (χ3n) is 3.19. The standard InChI is InChI=1S/C9H15NO/c1-3-6-8-5(2)4-7(11)10-9(6)8/h5-6,8-9H,3-4H2,1-2H3,(H,10,11)/t5-,6+,8-,9+/m0/s1. The van der Waals surface area contributed by atoms with Gasteiger partial charge in [-0.05, 0) is 17.8 Å². The third-order valence-corrected chi connectivity index (χ3v) is 3.19. The molecular weight excluding hydrogens is 138 g/mol. The monoisotopic (exact) mass is 153 g/mol. The van der Waals surface area contributed by atoms with Crippen LogP contribution in [-0.4, -0.2) is 11.9 Å². The summed E-state index contributed by atoms with van der Waals surface area (Å²) in [4.78, 5) is 11.1. The molecule has 0 spiro atoms. The number of nitrogens with one attached hydrogen (secondary N) is 1. The number of fused-ring (bicyclic) bond motifs is 1. The number of amides is 1. The van der Waals surface area contributed by atoms with E-state index in [2.05, 4.69) is 19.2 Å². The van der Waals surface area contributed by atoms with E-state index >= 15 is 0 Å². The van der Waals surface area contributed by atoms with Gasteiger partial charge in [-0.1, -0.05) is 20.3 Å². The van der Waals surface area contributed by atoms with Crippen LogP contribution in [0.2, 0.25) is 0 Å². The first-order valence-corrected chi connectivity index (χ1v) is 4.53. The van der Waals surface area contributed by atoms with Crippen LogP contribution in [0.1, 0.15) is 26.7 Å². The number of carbonyl (C=O) groups is 1. The molecule has 1 N–H and O–H groups in total. The summed E-state index contributed by atoms with van der Waals surface area (Å²) >= 11 is 0. The molecule has 1 aliphatic heterocycles. The highest BCUT2D eigenvalue weighted by molar-refractivity contribution is 5.78. The lowest BCUT2D eigenvalue weighted by atomic mass is 9.97. The fourth-order valence-electron chi connectivity index (χ4n) is 2.58. The zero-order chi connectivity index (χ0) is 8.01. The molecule has 4 atom stereocenters. The molecule has 11 heavy (non-hydrogen) atoms. The number of hydrogen-bond donors (Lipinski definition) is 1. The minimum Gasteiger partial charge on any atom is -0.353 e. The van der Waals surface area contributed by atoms with Crippen LogP contribution in [0.15, 0.2) is 0 Å². The molecule has 2 nitrogen and oxygen atoms in total. The minimum atomic E-state index is 0.259. The van der Waals surface area contributed by atoms with E-state index < -0.39 is 0 Å². The smallest absolute Gasteiger partial charge is 0.220 e. The van der Waals surface area contributed by atoms with Crippen LogP contribution in [-0.2, 0) is 4.79 Å². The summed E-state index contributed by atoms with van der Waals surface area (Å²) in [6.07, 6.45) is 1.97. The van der Waals surface area contributed by atoms with E-state index in [1.54, 1.807) is 0 Å². The first-order chi connectivity index (χ1) is 5.24. The molecule has 0 radical (unpaired) electrons. The van der Waals surface area contributed by atoms with Crippen molar-refractivity contribution in [3.8, 4) is 0 Å². The van der Waals surface area contributed by atoms with Gasteiger partial charge in [-0.3, -0.25) is 4.79 Å². The Balaban J connectivity index is 2.04. The summed E-state index contributed by atoms with van der Waals surface area (Å²) in [7, 11) is 0. The van der Waals surface area contributed by atoms with E-state index in [1.165, 1.54) is 6.42 Å². The first kappa shape index (κ1) is 7.14. The van der Waals surface area contributed by atoms with Crippen molar-refractivity contribution >= 4 is 5.91 Å². The fraction of sp³-hybridized carbons (Fsp3) is 0.889. The van der Waals surface area contributed by atoms with Crippen molar-refractivity contribution in [1.82, 2.24) is 5.32 Å². The van der Waals surface area contributed by atoms with Crippen LogP contribution in [0, 0.1) is 17.8 Å². The van der Waals surface area contributed by atoms with E-state index in [9.17, 15) is 4.79 Å². The molecule has 0 aromatic heterocycles. The van der Waals surface area contributed by atoms with Crippen molar-refractivity contribution < 1.29 is 4.79 Å². The number of hydrogen-bond acceptors (Lipinski definition) is 1. The molecule has 0 aromatic rings. The van der Waals surface area contributed by atoms with Gasteiger partial charge in [0, 0.05) is 12.5 Å². The van der Waals surface area contributed by atoms with Gasteiger partial charge in [-0.2, -0.15) is 0 Å². The summed E-state index contributed by atoms with van der Waals surface area (Å²) < 4.78 is 0. The molecule has 2 fully saturated rings. The second-order valence-electron chi connectivity index (χ2n) is 3.92. The van der Waals surface area contributed by atoms with E-state index in [-0.39, 0.29) is 5.91 Å². The normalized spacial score (nSPS) is 48.0. The summed E-state index contributed by atoms with van der Waals surface area (Å²) in [5, 5.41) is 3.05. The van der Waals surface area contributed by atoms with Crippen molar-refractivity contribution in [1.29, 1.82) is 0 Å². The predicted molar refractivity (Wildman–Crippen MR) is 43.0 cm³/mol. The van der Waals surface area contributed by atoms with Crippen LogP contribution >= 0.6 is 0 Å². The molecule has 0 aromatic carbocycles. The molecular formula is C9H15NO. The van der Waals surface area contributed by atoms with Crippen molar-refractivity contribution in [2.45, 2.75) is 32.7 Å². The Hall–Kier alpha value is -0.530. The van der Waals surface area contributed by atoms with Gasteiger partial charge < -0.3 is 5.32 Å². The van der Waals surface area contributed by atoms with E-state index in [4.69, 9.17) is 0 Å². The van der Waals surface area contributed by atoms with Crippen molar-refractivity contribution in [3.05, 3.63) is 0 Å². The molecule has 62 valence electrons. The van der Waals surface area contributed by atoms with Crippen LogP contribution in [0.25, 0.3) is 0 Å². The first-order valence-electron chi connectivity index (χ1n) is 4.53. The summed E-state index contributed by atoms with van der Waals surface area (Å²) in [5.74, 6) is 2.47. The maximum absolute atomic E-state index is 11.1. The lowest BCUT2D eigenvalue weighted by molar-refractivity contribution is -0.123. The number of rotatable bonds is 1. The average molecular weight is 153 g/mol. The van der Waals surface area contributed by atoms with E-state index in [0.717, 1.165) is 18.3 Å². The molecule has 2 heteroatoms. The lowest BCUT2D eigenvalue weighted by Gasteiger charge is -2.16. The van der Waals surface area contributed by atoms with E-state index in [0.29, 0.717) is 12.0 Å². The van der Waals surface area contributed by atoms with Crippen LogP contribution < -0.4 is 5.32 Å². The molecule has 1 aliphatic carbocycles. The second-order valence-corrected chi connectivity index (χ2v) is 3.92. The summed E-state index contributed by atoms with van der Waals surface area (Å²) in [6, 6.07) is 0.538. The Morgan fingerprint density at radius 2 is 2.36 bits per heavy atom. The highest BCUT2D eigenvalue weighted by Gasteiger charge is 2.54. The van der Waals surface area contributed by atoms with Crippen molar-refractivity contribution in [2.24, 2.45) is 17.8 Å². The van der Waals surface area contributed by atoms with Crippen LogP contribution in [0.4, 0.5) is 0 Å². The second kappa shape index (κ2) is 2.23. The highest BCUT2D eigenvalue weighted by atomic mass is 16.1. The largest absolute Gasteiger partial charge is 0.353 e. The van der Waals surface area contributed by atoms with Crippen molar-refractivity contribution in [3.63, 3.8) is 0 Å². The van der Waals surface area contributed by atoms with Gasteiger partial charge in [0.15, 0.2) is 0 Å². The molecule has 1 saturated heterocycles. The average Bonchev–Trinajstić information content (AvgIpc) is 2.61. The van der Waals surface area contributed by atoms with Gasteiger partial charge in [0.25, 0.3) is 0 Å². The van der Waals surface area contributed by atoms with Gasteiger partial charge >= 0.3 is 0 Å².